The van der Waals surface area contributed by atoms with Crippen LogP contribution in [-0.4, -0.2) is 21.1 Å². The highest BCUT2D eigenvalue weighted by molar-refractivity contribution is 7.86. The molecule has 0 saturated carbocycles. The van der Waals surface area contributed by atoms with Crippen molar-refractivity contribution in [2.24, 2.45) is 5.73 Å². The molecule has 2 N–H and O–H groups in total. The van der Waals surface area contributed by atoms with Crippen LogP contribution in [0, 0.1) is 0 Å². The van der Waals surface area contributed by atoms with Gasteiger partial charge in [0.05, 0.1) is 11.5 Å². The van der Waals surface area contributed by atoms with Crippen LogP contribution < -0.4 is 5.73 Å². The lowest BCUT2D eigenvalue weighted by Gasteiger charge is -2.02. The van der Waals surface area contributed by atoms with Crippen LogP contribution in [0.1, 0.15) is 5.56 Å². The molecule has 88 valence electrons. The summed E-state index contributed by atoms with van der Waals surface area (Å²) in [5, 5.41) is 0. The van der Waals surface area contributed by atoms with Crippen molar-refractivity contribution in [3.8, 4) is 0 Å². The molecule has 0 radical (unpaired) electrons. The second-order valence-corrected chi connectivity index (χ2v) is 4.35. The van der Waals surface area contributed by atoms with E-state index in [1.54, 1.807) is 0 Å². The maximum Gasteiger partial charge on any atom is 0.404 e. The molecular formula is C9H10FNO4S. The van der Waals surface area contributed by atoms with Gasteiger partial charge in [-0.2, -0.15) is 8.42 Å². The molecule has 0 fully saturated rings. The lowest BCUT2D eigenvalue weighted by molar-refractivity contribution is 0.158. The molecule has 0 aliphatic heterocycles. The van der Waals surface area contributed by atoms with Crippen molar-refractivity contribution in [3.63, 3.8) is 0 Å². The van der Waals surface area contributed by atoms with E-state index in [4.69, 9.17) is 5.73 Å². The maximum absolute atomic E-state index is 12.5. The zero-order valence-electron chi connectivity index (χ0n) is 8.22. The molecule has 1 amide bonds. The summed E-state index contributed by atoms with van der Waals surface area (Å²) in [5.41, 5.74) is 5.46. The van der Waals surface area contributed by atoms with Crippen molar-refractivity contribution in [2.75, 3.05) is 6.61 Å². The molecule has 0 aliphatic rings. The zero-order chi connectivity index (χ0) is 12.2. The number of primary amides is 1. The summed E-state index contributed by atoms with van der Waals surface area (Å²) >= 11 is 0. The first-order chi connectivity index (χ1) is 7.39. The summed E-state index contributed by atoms with van der Waals surface area (Å²) in [6, 6.07) is 5.18. The van der Waals surface area contributed by atoms with Crippen molar-refractivity contribution in [2.45, 2.75) is 11.3 Å². The van der Waals surface area contributed by atoms with Crippen LogP contribution in [-0.2, 0) is 21.4 Å². The average molecular weight is 247 g/mol. The van der Waals surface area contributed by atoms with Gasteiger partial charge in [-0.25, -0.2) is 4.79 Å². The monoisotopic (exact) mass is 247 g/mol. The van der Waals surface area contributed by atoms with Crippen LogP contribution in [0.5, 0.6) is 0 Å². The summed E-state index contributed by atoms with van der Waals surface area (Å²) in [4.78, 5) is 9.85. The first kappa shape index (κ1) is 12.4. The van der Waals surface area contributed by atoms with E-state index in [1.165, 1.54) is 12.1 Å². The van der Waals surface area contributed by atoms with Gasteiger partial charge in [-0.05, 0) is 17.7 Å². The number of ether oxygens (including phenoxy) is 1. The van der Waals surface area contributed by atoms with Crippen LogP contribution >= 0.6 is 0 Å². The third kappa shape index (κ3) is 3.85. The molecule has 0 aromatic heterocycles. The third-order valence-corrected chi connectivity index (χ3v) is 2.68. The number of amides is 1. The van der Waals surface area contributed by atoms with E-state index in [9.17, 15) is 17.1 Å². The van der Waals surface area contributed by atoms with E-state index >= 15 is 0 Å². The molecule has 0 bridgehead atoms. The minimum absolute atomic E-state index is 0.0943. The Morgan fingerprint density at radius 3 is 2.31 bits per heavy atom. The predicted octanol–water partition coefficient (Wildman–Crippen LogP) is 0.983. The van der Waals surface area contributed by atoms with E-state index < -0.39 is 21.2 Å². The van der Waals surface area contributed by atoms with Gasteiger partial charge >= 0.3 is 16.3 Å². The fraction of sp³-hybridized carbons (Fsp3) is 0.222. The Morgan fingerprint density at radius 1 is 1.31 bits per heavy atom. The van der Waals surface area contributed by atoms with Crippen LogP contribution in [0.2, 0.25) is 0 Å². The largest absolute Gasteiger partial charge is 0.449 e. The Balaban J connectivity index is 2.62. The van der Waals surface area contributed by atoms with Crippen molar-refractivity contribution >= 4 is 16.3 Å². The molecule has 1 aromatic carbocycles. The molecule has 16 heavy (non-hydrogen) atoms. The molecule has 5 nitrogen and oxygen atoms in total. The topological polar surface area (TPSA) is 86.5 Å². The molecule has 0 spiro atoms. The Labute approximate surface area is 92.2 Å². The smallest absolute Gasteiger partial charge is 0.404 e. The van der Waals surface area contributed by atoms with Gasteiger partial charge in [0.15, 0.2) is 0 Å². The Morgan fingerprint density at radius 2 is 1.88 bits per heavy atom. The number of hydrogen-bond acceptors (Lipinski definition) is 4. The van der Waals surface area contributed by atoms with Gasteiger partial charge < -0.3 is 10.5 Å². The average Bonchev–Trinajstić information content (AvgIpc) is 2.16. The number of hydrogen-bond donors (Lipinski definition) is 1. The zero-order valence-corrected chi connectivity index (χ0v) is 9.04. The standard InChI is InChI=1S/C9H10FNO4S/c10-16(13,14)8-3-1-7(2-4-8)5-6-15-9(11)12/h1-4H,5-6H2,(H2,11,12). The molecule has 0 saturated heterocycles. The quantitative estimate of drug-likeness (QED) is 0.803. The van der Waals surface area contributed by atoms with Crippen molar-refractivity contribution < 1.29 is 21.8 Å². The van der Waals surface area contributed by atoms with Crippen LogP contribution in [0.4, 0.5) is 8.68 Å². The number of halogens is 1. The van der Waals surface area contributed by atoms with E-state index in [0.29, 0.717) is 12.0 Å². The normalized spacial score (nSPS) is 11.1. The summed E-state index contributed by atoms with van der Waals surface area (Å²) in [5.74, 6) is 0. The molecule has 0 aliphatic carbocycles. The van der Waals surface area contributed by atoms with Crippen molar-refractivity contribution in [1.29, 1.82) is 0 Å². The van der Waals surface area contributed by atoms with Crippen LogP contribution in [0.3, 0.4) is 0 Å². The second-order valence-electron chi connectivity index (χ2n) is 3.00. The van der Waals surface area contributed by atoms with Crippen molar-refractivity contribution in [3.05, 3.63) is 29.8 Å². The number of carbonyl (C=O) groups is 1. The van der Waals surface area contributed by atoms with E-state index in [0.717, 1.165) is 12.1 Å². The fourth-order valence-corrected chi connectivity index (χ4v) is 1.55. The minimum atomic E-state index is -4.66. The summed E-state index contributed by atoms with van der Waals surface area (Å²) in [7, 11) is -4.66. The Hall–Kier alpha value is -1.63. The molecular weight excluding hydrogens is 237 g/mol. The lowest BCUT2D eigenvalue weighted by Crippen LogP contribution is -2.14. The van der Waals surface area contributed by atoms with Gasteiger partial charge in [-0.1, -0.05) is 12.1 Å². The number of benzene rings is 1. The molecule has 1 rings (SSSR count). The third-order valence-electron chi connectivity index (χ3n) is 1.84. The minimum Gasteiger partial charge on any atom is -0.449 e. The fourth-order valence-electron chi connectivity index (χ4n) is 1.09. The van der Waals surface area contributed by atoms with E-state index in [2.05, 4.69) is 4.74 Å². The Kier molecular flexibility index (Phi) is 3.83. The highest BCUT2D eigenvalue weighted by Gasteiger charge is 2.10. The molecule has 0 atom stereocenters. The number of nitrogens with two attached hydrogens (primary N) is 1. The SMILES string of the molecule is NC(=O)OCCc1ccc(S(=O)(=O)F)cc1. The van der Waals surface area contributed by atoms with Crippen LogP contribution in [0.15, 0.2) is 29.2 Å². The summed E-state index contributed by atoms with van der Waals surface area (Å²) in [6.07, 6.45) is -0.488. The molecule has 0 heterocycles. The highest BCUT2D eigenvalue weighted by atomic mass is 32.3. The van der Waals surface area contributed by atoms with E-state index in [1.807, 2.05) is 0 Å². The van der Waals surface area contributed by atoms with Gasteiger partial charge in [-0.3, -0.25) is 0 Å². The van der Waals surface area contributed by atoms with E-state index in [-0.39, 0.29) is 6.61 Å². The maximum atomic E-state index is 12.5. The lowest BCUT2D eigenvalue weighted by atomic mass is 10.2. The number of carbonyl (C=O) groups excluding carboxylic acids is 1. The predicted molar refractivity (Wildman–Crippen MR) is 54.0 cm³/mol. The second kappa shape index (κ2) is 4.93. The van der Waals surface area contributed by atoms with Gasteiger partial charge in [0.25, 0.3) is 0 Å². The van der Waals surface area contributed by atoms with Gasteiger partial charge in [0.1, 0.15) is 0 Å². The summed E-state index contributed by atoms with van der Waals surface area (Å²) in [6.45, 7) is 0.0943. The highest BCUT2D eigenvalue weighted by Crippen LogP contribution is 2.13. The van der Waals surface area contributed by atoms with Gasteiger partial charge in [0.2, 0.25) is 0 Å². The molecule has 1 aromatic rings. The molecule has 0 unspecified atom stereocenters. The first-order valence-electron chi connectivity index (χ1n) is 4.35. The molecule has 7 heteroatoms. The van der Waals surface area contributed by atoms with Crippen LogP contribution in [0.25, 0.3) is 0 Å². The van der Waals surface area contributed by atoms with Gasteiger partial charge in [0, 0.05) is 6.42 Å². The first-order valence-corrected chi connectivity index (χ1v) is 5.74. The van der Waals surface area contributed by atoms with Gasteiger partial charge in [-0.15, -0.1) is 3.89 Å². The van der Waals surface area contributed by atoms with Crippen molar-refractivity contribution in [1.82, 2.24) is 0 Å². The number of rotatable bonds is 4. The summed E-state index contributed by atoms with van der Waals surface area (Å²) < 4.78 is 38.0. The Bertz CT molecular complexity index is 469.